The monoisotopic (exact) mass is 379 g/mol. The van der Waals surface area contributed by atoms with Crippen LogP contribution in [0, 0.1) is 6.92 Å². The Morgan fingerprint density at radius 3 is 2.55 bits per heavy atom. The lowest BCUT2D eigenvalue weighted by atomic mass is 10.1. The third-order valence-electron chi connectivity index (χ3n) is 4.88. The van der Waals surface area contributed by atoms with Crippen LogP contribution in [0.3, 0.4) is 0 Å². The van der Waals surface area contributed by atoms with Crippen LogP contribution in [0.4, 0.5) is 5.69 Å². The van der Waals surface area contributed by atoms with Crippen LogP contribution in [-0.4, -0.2) is 25.9 Å². The highest BCUT2D eigenvalue weighted by Crippen LogP contribution is 2.25. The number of carbonyl (C=O) groups excluding carboxylic acids is 1. The Morgan fingerprint density at radius 1 is 0.931 bits per heavy atom. The van der Waals surface area contributed by atoms with Crippen molar-refractivity contribution >= 4 is 33.4 Å². The van der Waals surface area contributed by atoms with Crippen molar-refractivity contribution in [2.75, 3.05) is 5.32 Å². The molecule has 0 atom stereocenters. The molecule has 0 radical (unpaired) electrons. The summed E-state index contributed by atoms with van der Waals surface area (Å²) < 4.78 is 0. The molecule has 140 valence electrons. The molecule has 2 heterocycles. The van der Waals surface area contributed by atoms with E-state index in [9.17, 15) is 4.79 Å². The van der Waals surface area contributed by atoms with E-state index in [1.54, 1.807) is 29.3 Å². The minimum atomic E-state index is -0.206. The lowest BCUT2D eigenvalue weighted by Gasteiger charge is -2.07. The molecule has 0 saturated carbocycles. The van der Waals surface area contributed by atoms with E-state index >= 15 is 0 Å². The summed E-state index contributed by atoms with van der Waals surface area (Å²) in [6.45, 7) is 1.94. The largest absolute Gasteiger partial charge is 0.322 e. The van der Waals surface area contributed by atoms with Gasteiger partial charge in [-0.15, -0.1) is 15.0 Å². The molecular formula is C23H17N5O. The first kappa shape index (κ1) is 17.1. The predicted molar refractivity (Wildman–Crippen MR) is 113 cm³/mol. The zero-order valence-corrected chi connectivity index (χ0v) is 15.7. The van der Waals surface area contributed by atoms with Gasteiger partial charge in [0.25, 0.3) is 5.91 Å². The molecule has 5 aromatic rings. The van der Waals surface area contributed by atoms with Crippen LogP contribution in [0.5, 0.6) is 0 Å². The molecule has 0 aliphatic heterocycles. The second kappa shape index (κ2) is 6.83. The van der Waals surface area contributed by atoms with Gasteiger partial charge in [-0.3, -0.25) is 9.78 Å². The quantitative estimate of drug-likeness (QED) is 0.500. The van der Waals surface area contributed by atoms with Gasteiger partial charge in [-0.05, 0) is 48.2 Å². The summed E-state index contributed by atoms with van der Waals surface area (Å²) in [4.78, 5) is 18.1. The first-order chi connectivity index (χ1) is 14.2. The van der Waals surface area contributed by atoms with E-state index in [2.05, 4.69) is 38.7 Å². The van der Waals surface area contributed by atoms with Gasteiger partial charge >= 0.3 is 0 Å². The average Bonchev–Trinajstić information content (AvgIpc) is 3.16. The van der Waals surface area contributed by atoms with E-state index < -0.39 is 0 Å². The molecule has 6 nitrogen and oxygen atoms in total. The number of nitrogens with zero attached hydrogens (tertiary/aromatic N) is 4. The minimum absolute atomic E-state index is 0.206. The number of nitrogens with one attached hydrogen (secondary N) is 1. The first-order valence-corrected chi connectivity index (χ1v) is 9.26. The van der Waals surface area contributed by atoms with Crippen molar-refractivity contribution in [1.29, 1.82) is 0 Å². The molecule has 1 amide bonds. The van der Waals surface area contributed by atoms with Gasteiger partial charge in [-0.25, -0.2) is 0 Å². The maximum atomic E-state index is 12.5. The van der Waals surface area contributed by atoms with Gasteiger partial charge in [-0.1, -0.05) is 36.4 Å². The van der Waals surface area contributed by atoms with Crippen LogP contribution in [0.2, 0.25) is 0 Å². The molecule has 5 rings (SSSR count). The molecule has 0 bridgehead atoms. The van der Waals surface area contributed by atoms with Crippen molar-refractivity contribution in [3.05, 3.63) is 90.3 Å². The maximum Gasteiger partial charge on any atom is 0.257 e. The highest BCUT2D eigenvalue weighted by molar-refractivity contribution is 6.05. The molecule has 29 heavy (non-hydrogen) atoms. The number of fused-ring (bicyclic) bond motifs is 2. The van der Waals surface area contributed by atoms with Crippen molar-refractivity contribution in [2.24, 2.45) is 0 Å². The van der Waals surface area contributed by atoms with Crippen molar-refractivity contribution in [2.45, 2.75) is 6.92 Å². The molecule has 3 aromatic carbocycles. The number of aromatic nitrogens is 4. The second-order valence-electron chi connectivity index (χ2n) is 6.84. The molecule has 0 aliphatic carbocycles. The molecule has 0 aliphatic rings. The third kappa shape index (κ3) is 3.10. The standard InChI is InChI=1S/C23H17N5O/c1-15-12-20-21(13-19(15)25-23(29)17-8-5-11-24-14-17)27-28(26-20)22-10-4-7-16-6-2-3-9-18(16)22/h2-14H,1H3,(H,25,29). The summed E-state index contributed by atoms with van der Waals surface area (Å²) in [5, 5.41) is 14.5. The number of hydrogen-bond acceptors (Lipinski definition) is 4. The number of hydrogen-bond donors (Lipinski definition) is 1. The Labute approximate surface area is 166 Å². The molecule has 1 N–H and O–H groups in total. The Kier molecular flexibility index (Phi) is 4.02. The summed E-state index contributed by atoms with van der Waals surface area (Å²) in [7, 11) is 0. The average molecular weight is 379 g/mol. The van der Waals surface area contributed by atoms with Crippen LogP contribution < -0.4 is 5.32 Å². The van der Waals surface area contributed by atoms with Crippen LogP contribution >= 0.6 is 0 Å². The Balaban J connectivity index is 1.55. The molecule has 0 saturated heterocycles. The van der Waals surface area contributed by atoms with Crippen molar-refractivity contribution in [3.63, 3.8) is 0 Å². The number of aryl methyl sites for hydroxylation is 1. The predicted octanol–water partition coefficient (Wildman–Crippen LogP) is 4.53. The smallest absolute Gasteiger partial charge is 0.257 e. The third-order valence-corrected chi connectivity index (χ3v) is 4.88. The number of anilines is 1. The van der Waals surface area contributed by atoms with Gasteiger partial charge in [0.05, 0.1) is 11.3 Å². The number of benzene rings is 3. The molecular weight excluding hydrogens is 362 g/mol. The van der Waals surface area contributed by atoms with Gasteiger partial charge < -0.3 is 5.32 Å². The Morgan fingerprint density at radius 2 is 1.72 bits per heavy atom. The summed E-state index contributed by atoms with van der Waals surface area (Å²) in [5.74, 6) is -0.206. The van der Waals surface area contributed by atoms with Crippen molar-refractivity contribution < 1.29 is 4.79 Å². The van der Waals surface area contributed by atoms with E-state index in [1.165, 1.54) is 0 Å². The summed E-state index contributed by atoms with van der Waals surface area (Å²) in [6, 6.07) is 21.5. The second-order valence-corrected chi connectivity index (χ2v) is 6.84. The van der Waals surface area contributed by atoms with Crippen LogP contribution in [0.1, 0.15) is 15.9 Å². The fourth-order valence-electron chi connectivity index (χ4n) is 3.38. The summed E-state index contributed by atoms with van der Waals surface area (Å²) >= 11 is 0. The molecule has 6 heteroatoms. The van der Waals surface area contributed by atoms with E-state index in [0.29, 0.717) is 16.8 Å². The molecule has 0 fully saturated rings. The minimum Gasteiger partial charge on any atom is -0.322 e. The number of amides is 1. The van der Waals surface area contributed by atoms with Crippen LogP contribution in [0.25, 0.3) is 27.5 Å². The highest BCUT2D eigenvalue weighted by atomic mass is 16.1. The maximum absolute atomic E-state index is 12.5. The topological polar surface area (TPSA) is 72.7 Å². The lowest BCUT2D eigenvalue weighted by Crippen LogP contribution is -2.12. The van der Waals surface area contributed by atoms with Crippen LogP contribution in [-0.2, 0) is 0 Å². The van der Waals surface area contributed by atoms with E-state index in [4.69, 9.17) is 0 Å². The van der Waals surface area contributed by atoms with E-state index in [0.717, 1.165) is 27.5 Å². The van der Waals surface area contributed by atoms with E-state index in [-0.39, 0.29) is 5.91 Å². The lowest BCUT2D eigenvalue weighted by molar-refractivity contribution is 0.102. The fourth-order valence-corrected chi connectivity index (χ4v) is 3.38. The van der Waals surface area contributed by atoms with Gasteiger partial charge in [-0.2, -0.15) is 0 Å². The zero-order valence-electron chi connectivity index (χ0n) is 15.7. The van der Waals surface area contributed by atoms with E-state index in [1.807, 2.05) is 43.3 Å². The van der Waals surface area contributed by atoms with Gasteiger partial charge in [0.15, 0.2) is 0 Å². The van der Waals surface area contributed by atoms with Crippen molar-refractivity contribution in [1.82, 2.24) is 20.0 Å². The van der Waals surface area contributed by atoms with Crippen LogP contribution in [0.15, 0.2) is 79.1 Å². The molecule has 0 unspecified atom stereocenters. The SMILES string of the molecule is Cc1cc2nn(-c3cccc4ccccc34)nc2cc1NC(=O)c1cccnc1. The zero-order chi connectivity index (χ0) is 19.8. The van der Waals surface area contributed by atoms with Gasteiger partial charge in [0.2, 0.25) is 0 Å². The van der Waals surface area contributed by atoms with Gasteiger partial charge in [0, 0.05) is 23.5 Å². The number of pyridine rings is 1. The first-order valence-electron chi connectivity index (χ1n) is 9.26. The fraction of sp³-hybridized carbons (Fsp3) is 0.0435. The summed E-state index contributed by atoms with van der Waals surface area (Å²) in [6.07, 6.45) is 3.18. The number of rotatable bonds is 3. The normalized spacial score (nSPS) is 11.1. The summed E-state index contributed by atoms with van der Waals surface area (Å²) in [5.41, 5.74) is 4.53. The molecule has 0 spiro atoms. The highest BCUT2D eigenvalue weighted by Gasteiger charge is 2.13. The molecule has 2 aromatic heterocycles. The van der Waals surface area contributed by atoms with Gasteiger partial charge in [0.1, 0.15) is 11.0 Å². The number of carbonyl (C=O) groups is 1. The van der Waals surface area contributed by atoms with Crippen molar-refractivity contribution in [3.8, 4) is 5.69 Å². The Bertz CT molecular complexity index is 1350. The Hall–Kier alpha value is -4.06.